The van der Waals surface area contributed by atoms with Crippen LogP contribution in [-0.2, 0) is 11.3 Å². The molecule has 0 saturated carbocycles. The van der Waals surface area contributed by atoms with E-state index in [9.17, 15) is 0 Å². The largest absolute Gasteiger partial charge is 0.379 e. The van der Waals surface area contributed by atoms with E-state index in [4.69, 9.17) is 4.74 Å². The van der Waals surface area contributed by atoms with Gasteiger partial charge in [0.05, 0.1) is 6.10 Å². The van der Waals surface area contributed by atoms with Gasteiger partial charge in [-0.15, -0.1) is 0 Å². The van der Waals surface area contributed by atoms with E-state index in [-0.39, 0.29) is 0 Å². The average molecular weight is 327 g/mol. The third-order valence-electron chi connectivity index (χ3n) is 3.94. The van der Waals surface area contributed by atoms with Crippen LogP contribution in [0.4, 0.5) is 5.69 Å². The highest BCUT2D eigenvalue weighted by atomic mass is 79.9. The summed E-state index contributed by atoms with van der Waals surface area (Å²) in [6, 6.07) is 6.53. The van der Waals surface area contributed by atoms with Gasteiger partial charge in [0, 0.05) is 36.9 Å². The summed E-state index contributed by atoms with van der Waals surface area (Å²) in [5.74, 6) is 0.643. The molecule has 1 saturated heterocycles. The van der Waals surface area contributed by atoms with Gasteiger partial charge < -0.3 is 15.0 Å². The van der Waals surface area contributed by atoms with E-state index in [1.54, 1.807) is 0 Å². The summed E-state index contributed by atoms with van der Waals surface area (Å²) in [5, 5.41) is 3.25. The summed E-state index contributed by atoms with van der Waals surface area (Å²) >= 11 is 3.55. The maximum atomic E-state index is 5.61. The molecule has 2 unspecified atom stereocenters. The summed E-state index contributed by atoms with van der Waals surface area (Å²) in [4.78, 5) is 2.45. The molecule has 4 heteroatoms. The first-order chi connectivity index (χ1) is 9.15. The molecule has 2 atom stereocenters. The molecule has 1 heterocycles. The molecule has 1 aliphatic heterocycles. The van der Waals surface area contributed by atoms with Crippen molar-refractivity contribution in [1.82, 2.24) is 5.32 Å². The van der Waals surface area contributed by atoms with Gasteiger partial charge in [-0.3, -0.25) is 0 Å². The SMILES string of the molecule is CNCc1cc(Br)ccc1N1CCC(C)C(OC)C1. The number of methoxy groups -OCH3 is 1. The Morgan fingerprint density at radius 1 is 1.47 bits per heavy atom. The lowest BCUT2D eigenvalue weighted by molar-refractivity contribution is 0.0498. The van der Waals surface area contributed by atoms with Crippen LogP contribution in [0, 0.1) is 5.92 Å². The van der Waals surface area contributed by atoms with Crippen molar-refractivity contribution in [3.8, 4) is 0 Å². The second-order valence-corrected chi connectivity index (χ2v) is 6.21. The molecular weight excluding hydrogens is 304 g/mol. The first kappa shape index (κ1) is 14.8. The van der Waals surface area contributed by atoms with E-state index in [2.05, 4.69) is 51.3 Å². The van der Waals surface area contributed by atoms with Crippen LogP contribution >= 0.6 is 15.9 Å². The molecule has 2 rings (SSSR count). The van der Waals surface area contributed by atoms with Crippen molar-refractivity contribution >= 4 is 21.6 Å². The molecule has 1 aliphatic rings. The molecule has 106 valence electrons. The zero-order valence-corrected chi connectivity index (χ0v) is 13.5. The van der Waals surface area contributed by atoms with E-state index in [1.807, 2.05) is 14.2 Å². The van der Waals surface area contributed by atoms with Gasteiger partial charge in [0.1, 0.15) is 0 Å². The Hall–Kier alpha value is -0.580. The first-order valence-electron chi connectivity index (χ1n) is 6.86. The zero-order chi connectivity index (χ0) is 13.8. The van der Waals surface area contributed by atoms with E-state index in [1.165, 1.54) is 17.7 Å². The summed E-state index contributed by atoms with van der Waals surface area (Å²) in [5.41, 5.74) is 2.66. The van der Waals surface area contributed by atoms with E-state index < -0.39 is 0 Å². The van der Waals surface area contributed by atoms with Crippen LogP contribution in [0.2, 0.25) is 0 Å². The Morgan fingerprint density at radius 2 is 2.26 bits per heavy atom. The molecule has 1 fully saturated rings. The smallest absolute Gasteiger partial charge is 0.0772 e. The van der Waals surface area contributed by atoms with Gasteiger partial charge in [-0.1, -0.05) is 22.9 Å². The van der Waals surface area contributed by atoms with Crippen molar-refractivity contribution in [2.75, 3.05) is 32.1 Å². The Kier molecular flexibility index (Phi) is 5.25. The third kappa shape index (κ3) is 3.50. The minimum atomic E-state index is 0.333. The quantitative estimate of drug-likeness (QED) is 0.920. The van der Waals surface area contributed by atoms with Crippen molar-refractivity contribution < 1.29 is 4.74 Å². The second-order valence-electron chi connectivity index (χ2n) is 5.29. The Bertz CT molecular complexity index is 425. The van der Waals surface area contributed by atoms with Gasteiger partial charge in [-0.05, 0) is 43.1 Å². The lowest BCUT2D eigenvalue weighted by Gasteiger charge is -2.38. The number of hydrogen-bond acceptors (Lipinski definition) is 3. The van der Waals surface area contributed by atoms with Crippen molar-refractivity contribution in [3.05, 3.63) is 28.2 Å². The van der Waals surface area contributed by atoms with Crippen molar-refractivity contribution in [2.45, 2.75) is 26.0 Å². The summed E-state index contributed by atoms with van der Waals surface area (Å²) in [6.45, 7) is 5.26. The van der Waals surface area contributed by atoms with Gasteiger partial charge in [0.15, 0.2) is 0 Å². The molecule has 1 N–H and O–H groups in total. The molecule has 0 bridgehead atoms. The standard InChI is InChI=1S/C15H23BrN2O/c1-11-6-7-18(10-15(11)19-3)14-5-4-13(16)8-12(14)9-17-2/h4-5,8,11,15,17H,6-7,9-10H2,1-3H3. The average Bonchev–Trinajstić information content (AvgIpc) is 2.40. The fourth-order valence-corrected chi connectivity index (χ4v) is 3.16. The highest BCUT2D eigenvalue weighted by Crippen LogP contribution is 2.29. The molecule has 1 aromatic rings. The zero-order valence-electron chi connectivity index (χ0n) is 11.9. The van der Waals surface area contributed by atoms with Crippen molar-refractivity contribution in [3.63, 3.8) is 0 Å². The molecule has 0 spiro atoms. The van der Waals surface area contributed by atoms with Gasteiger partial charge in [-0.2, -0.15) is 0 Å². The number of halogens is 1. The van der Waals surface area contributed by atoms with Gasteiger partial charge >= 0.3 is 0 Å². The lowest BCUT2D eigenvalue weighted by Crippen LogP contribution is -2.44. The highest BCUT2D eigenvalue weighted by molar-refractivity contribution is 9.10. The van der Waals surface area contributed by atoms with Crippen LogP contribution in [-0.4, -0.2) is 33.4 Å². The Balaban J connectivity index is 2.21. The number of piperidine rings is 1. The summed E-state index contributed by atoms with van der Waals surface area (Å²) < 4.78 is 6.75. The van der Waals surface area contributed by atoms with Crippen LogP contribution < -0.4 is 10.2 Å². The summed E-state index contributed by atoms with van der Waals surface area (Å²) in [7, 11) is 3.81. The topological polar surface area (TPSA) is 24.5 Å². The number of ether oxygens (including phenoxy) is 1. The van der Waals surface area contributed by atoms with Crippen molar-refractivity contribution in [2.24, 2.45) is 5.92 Å². The first-order valence-corrected chi connectivity index (χ1v) is 7.65. The monoisotopic (exact) mass is 326 g/mol. The highest BCUT2D eigenvalue weighted by Gasteiger charge is 2.27. The predicted octanol–water partition coefficient (Wildman–Crippen LogP) is 3.03. The summed E-state index contributed by atoms with van der Waals surface area (Å²) in [6.07, 6.45) is 1.52. The molecular formula is C15H23BrN2O. The van der Waals surface area contributed by atoms with Crippen LogP contribution in [0.5, 0.6) is 0 Å². The number of nitrogens with one attached hydrogen (secondary N) is 1. The van der Waals surface area contributed by atoms with Crippen LogP contribution in [0.25, 0.3) is 0 Å². The van der Waals surface area contributed by atoms with Gasteiger partial charge in [0.25, 0.3) is 0 Å². The second kappa shape index (κ2) is 6.73. The van der Waals surface area contributed by atoms with Crippen molar-refractivity contribution in [1.29, 1.82) is 0 Å². The predicted molar refractivity (Wildman–Crippen MR) is 83.7 cm³/mol. The molecule has 0 aliphatic carbocycles. The van der Waals surface area contributed by atoms with Crippen LogP contribution in [0.1, 0.15) is 18.9 Å². The number of benzene rings is 1. The maximum absolute atomic E-state index is 5.61. The molecule has 0 radical (unpaired) electrons. The normalized spacial score (nSPS) is 23.7. The molecule has 19 heavy (non-hydrogen) atoms. The van der Waals surface area contributed by atoms with Gasteiger partial charge in [-0.25, -0.2) is 0 Å². The minimum absolute atomic E-state index is 0.333. The van der Waals surface area contributed by atoms with Crippen LogP contribution in [0.15, 0.2) is 22.7 Å². The molecule has 1 aromatic carbocycles. The maximum Gasteiger partial charge on any atom is 0.0772 e. The number of anilines is 1. The number of rotatable bonds is 4. The van der Waals surface area contributed by atoms with E-state index in [0.717, 1.165) is 24.1 Å². The molecule has 3 nitrogen and oxygen atoms in total. The van der Waals surface area contributed by atoms with Gasteiger partial charge in [0.2, 0.25) is 0 Å². The van der Waals surface area contributed by atoms with E-state index >= 15 is 0 Å². The van der Waals surface area contributed by atoms with E-state index in [0.29, 0.717) is 12.0 Å². The van der Waals surface area contributed by atoms with Crippen LogP contribution in [0.3, 0.4) is 0 Å². The fourth-order valence-electron chi connectivity index (χ4n) is 2.75. The fraction of sp³-hybridized carbons (Fsp3) is 0.600. The molecule has 0 amide bonds. The Morgan fingerprint density at radius 3 is 2.95 bits per heavy atom. The molecule has 0 aromatic heterocycles. The number of hydrogen-bond donors (Lipinski definition) is 1. The Labute approximate surface area is 124 Å². The third-order valence-corrected chi connectivity index (χ3v) is 4.43. The lowest BCUT2D eigenvalue weighted by atomic mass is 9.95. The number of nitrogens with zero attached hydrogens (tertiary/aromatic N) is 1. The minimum Gasteiger partial charge on any atom is -0.379 e.